The Morgan fingerprint density at radius 2 is 1.88 bits per heavy atom. The number of ether oxygens (including phenoxy) is 2. The van der Waals surface area contributed by atoms with Gasteiger partial charge in [0.15, 0.2) is 11.5 Å². The van der Waals surface area contributed by atoms with E-state index < -0.39 is 0 Å². The molecule has 4 nitrogen and oxygen atoms in total. The molecule has 0 bridgehead atoms. The molecule has 6 heteroatoms. The molecule has 1 unspecified atom stereocenters. The summed E-state index contributed by atoms with van der Waals surface area (Å²) in [6.07, 6.45) is 0. The SMILES string of the molecule is COc1ccc(CNC(=O)C(C)Sc2ccccc2Br)cc1OC. The molecule has 0 spiro atoms. The van der Waals surface area contributed by atoms with Crippen molar-refractivity contribution in [3.63, 3.8) is 0 Å². The van der Waals surface area contributed by atoms with Crippen LogP contribution in [0.25, 0.3) is 0 Å². The molecule has 0 heterocycles. The Kier molecular flexibility index (Phi) is 6.99. The molecule has 1 amide bonds. The average Bonchev–Trinajstić information content (AvgIpc) is 2.61. The maximum Gasteiger partial charge on any atom is 0.233 e. The van der Waals surface area contributed by atoms with E-state index in [1.165, 1.54) is 11.8 Å². The summed E-state index contributed by atoms with van der Waals surface area (Å²) < 4.78 is 11.5. The minimum absolute atomic E-state index is 0.00876. The van der Waals surface area contributed by atoms with E-state index in [2.05, 4.69) is 21.2 Å². The minimum Gasteiger partial charge on any atom is -0.493 e. The van der Waals surface area contributed by atoms with E-state index >= 15 is 0 Å². The fourth-order valence-electron chi connectivity index (χ4n) is 2.11. The van der Waals surface area contributed by atoms with E-state index in [0.29, 0.717) is 18.0 Å². The molecule has 2 aromatic carbocycles. The standard InChI is InChI=1S/C18H20BrNO3S/c1-12(24-17-7-5-4-6-14(17)19)18(21)20-11-13-8-9-15(22-2)16(10-13)23-3/h4-10,12H,11H2,1-3H3,(H,20,21). The molecule has 2 aromatic rings. The van der Waals surface area contributed by atoms with Gasteiger partial charge < -0.3 is 14.8 Å². The van der Waals surface area contributed by atoms with Crippen LogP contribution in [0, 0.1) is 0 Å². The molecular formula is C18H20BrNO3S. The third-order valence-corrected chi connectivity index (χ3v) is 5.56. The second-order valence-corrected chi connectivity index (χ2v) is 7.33. The lowest BCUT2D eigenvalue weighted by molar-refractivity contribution is -0.120. The van der Waals surface area contributed by atoms with Crippen molar-refractivity contribution in [1.29, 1.82) is 0 Å². The zero-order valence-corrected chi connectivity index (χ0v) is 16.2. The van der Waals surface area contributed by atoms with E-state index in [1.54, 1.807) is 14.2 Å². The summed E-state index contributed by atoms with van der Waals surface area (Å²) >= 11 is 5.02. The molecule has 2 rings (SSSR count). The average molecular weight is 410 g/mol. The van der Waals surface area contributed by atoms with E-state index in [4.69, 9.17) is 9.47 Å². The van der Waals surface area contributed by atoms with Gasteiger partial charge in [-0.25, -0.2) is 0 Å². The summed E-state index contributed by atoms with van der Waals surface area (Å²) in [6, 6.07) is 13.5. The highest BCUT2D eigenvalue weighted by molar-refractivity contribution is 9.10. The van der Waals surface area contributed by atoms with Crippen molar-refractivity contribution < 1.29 is 14.3 Å². The van der Waals surface area contributed by atoms with Crippen LogP contribution in [-0.4, -0.2) is 25.4 Å². The van der Waals surface area contributed by atoms with Gasteiger partial charge in [-0.3, -0.25) is 4.79 Å². The van der Waals surface area contributed by atoms with Gasteiger partial charge in [0.1, 0.15) is 0 Å². The predicted molar refractivity (Wildman–Crippen MR) is 101 cm³/mol. The van der Waals surface area contributed by atoms with E-state index in [0.717, 1.165) is 14.9 Å². The van der Waals surface area contributed by atoms with E-state index in [-0.39, 0.29) is 11.2 Å². The van der Waals surface area contributed by atoms with Gasteiger partial charge in [-0.15, -0.1) is 11.8 Å². The largest absolute Gasteiger partial charge is 0.493 e. The smallest absolute Gasteiger partial charge is 0.233 e. The number of hydrogen-bond acceptors (Lipinski definition) is 4. The number of rotatable bonds is 7. The first-order valence-corrected chi connectivity index (χ1v) is 9.12. The molecule has 0 aromatic heterocycles. The van der Waals surface area contributed by atoms with Crippen molar-refractivity contribution in [3.8, 4) is 11.5 Å². The van der Waals surface area contributed by atoms with Crippen LogP contribution in [0.2, 0.25) is 0 Å². The quantitative estimate of drug-likeness (QED) is 0.693. The van der Waals surface area contributed by atoms with Gasteiger partial charge in [-0.2, -0.15) is 0 Å². The Morgan fingerprint density at radius 3 is 2.54 bits per heavy atom. The summed E-state index contributed by atoms with van der Waals surface area (Å²) in [7, 11) is 3.19. The van der Waals surface area contributed by atoms with Crippen LogP contribution in [0.5, 0.6) is 11.5 Å². The molecule has 0 radical (unpaired) electrons. The van der Waals surface area contributed by atoms with Crippen LogP contribution >= 0.6 is 27.7 Å². The monoisotopic (exact) mass is 409 g/mol. The number of amides is 1. The summed E-state index contributed by atoms with van der Waals surface area (Å²) in [4.78, 5) is 13.4. The molecular weight excluding hydrogens is 390 g/mol. The van der Waals surface area contributed by atoms with Gasteiger partial charge in [0, 0.05) is 15.9 Å². The Labute approximate surface area is 155 Å². The van der Waals surface area contributed by atoms with Crippen LogP contribution in [0.15, 0.2) is 51.8 Å². The zero-order valence-electron chi connectivity index (χ0n) is 13.8. The summed E-state index contributed by atoms with van der Waals surface area (Å²) in [5.74, 6) is 1.32. The lowest BCUT2D eigenvalue weighted by Gasteiger charge is -2.14. The van der Waals surface area contributed by atoms with Crippen LogP contribution in [0.4, 0.5) is 0 Å². The molecule has 0 fully saturated rings. The third kappa shape index (κ3) is 4.92. The predicted octanol–water partition coefficient (Wildman–Crippen LogP) is 4.26. The van der Waals surface area contributed by atoms with Crippen molar-refractivity contribution in [2.24, 2.45) is 0 Å². The Balaban J connectivity index is 1.94. The summed E-state index contributed by atoms with van der Waals surface area (Å²) in [5.41, 5.74) is 0.957. The van der Waals surface area contributed by atoms with Gasteiger partial charge >= 0.3 is 0 Å². The highest BCUT2D eigenvalue weighted by Crippen LogP contribution is 2.30. The first kappa shape index (κ1) is 18.7. The second kappa shape index (κ2) is 8.99. The van der Waals surface area contributed by atoms with Crippen molar-refractivity contribution in [2.45, 2.75) is 23.6 Å². The number of carbonyl (C=O) groups excluding carboxylic acids is 1. The second-order valence-electron chi connectivity index (χ2n) is 5.10. The van der Waals surface area contributed by atoms with Gasteiger partial charge in [0.05, 0.1) is 19.5 Å². The molecule has 128 valence electrons. The Hall–Kier alpha value is -1.66. The number of methoxy groups -OCH3 is 2. The Morgan fingerprint density at radius 1 is 1.17 bits per heavy atom. The molecule has 24 heavy (non-hydrogen) atoms. The number of thioether (sulfide) groups is 1. The molecule has 0 saturated heterocycles. The van der Waals surface area contributed by atoms with Crippen molar-refractivity contribution >= 4 is 33.6 Å². The lowest BCUT2D eigenvalue weighted by Crippen LogP contribution is -2.30. The van der Waals surface area contributed by atoms with E-state index in [9.17, 15) is 4.79 Å². The normalized spacial score (nSPS) is 11.7. The number of hydrogen-bond donors (Lipinski definition) is 1. The summed E-state index contributed by atoms with van der Waals surface area (Å²) in [5, 5.41) is 2.76. The topological polar surface area (TPSA) is 47.6 Å². The number of halogens is 1. The first-order valence-electron chi connectivity index (χ1n) is 7.45. The minimum atomic E-state index is -0.191. The third-order valence-electron chi connectivity index (χ3n) is 3.42. The molecule has 1 atom stereocenters. The summed E-state index contributed by atoms with van der Waals surface area (Å²) in [6.45, 7) is 2.34. The Bertz CT molecular complexity index is 708. The van der Waals surface area contributed by atoms with Crippen LogP contribution in [0.3, 0.4) is 0 Å². The highest BCUT2D eigenvalue weighted by atomic mass is 79.9. The molecule has 1 N–H and O–H groups in total. The van der Waals surface area contributed by atoms with Crippen molar-refractivity contribution in [2.75, 3.05) is 14.2 Å². The molecule has 0 aliphatic carbocycles. The maximum atomic E-state index is 12.3. The van der Waals surface area contributed by atoms with E-state index in [1.807, 2.05) is 49.4 Å². The van der Waals surface area contributed by atoms with Gasteiger partial charge in [-0.1, -0.05) is 18.2 Å². The van der Waals surface area contributed by atoms with Crippen LogP contribution in [0.1, 0.15) is 12.5 Å². The number of nitrogens with one attached hydrogen (secondary N) is 1. The van der Waals surface area contributed by atoms with Gasteiger partial charge in [-0.05, 0) is 52.7 Å². The van der Waals surface area contributed by atoms with Crippen LogP contribution < -0.4 is 14.8 Å². The molecule has 0 aliphatic heterocycles. The fraction of sp³-hybridized carbons (Fsp3) is 0.278. The zero-order chi connectivity index (χ0) is 17.5. The van der Waals surface area contributed by atoms with Crippen LogP contribution in [-0.2, 0) is 11.3 Å². The molecule has 0 saturated carbocycles. The lowest BCUT2D eigenvalue weighted by atomic mass is 10.2. The fourth-order valence-corrected chi connectivity index (χ4v) is 3.58. The number of benzene rings is 2. The molecule has 0 aliphatic rings. The highest BCUT2D eigenvalue weighted by Gasteiger charge is 2.15. The van der Waals surface area contributed by atoms with Gasteiger partial charge in [0.2, 0.25) is 5.91 Å². The van der Waals surface area contributed by atoms with Gasteiger partial charge in [0.25, 0.3) is 0 Å². The van der Waals surface area contributed by atoms with Crippen molar-refractivity contribution in [1.82, 2.24) is 5.32 Å². The first-order chi connectivity index (χ1) is 11.5. The maximum absolute atomic E-state index is 12.3. The number of carbonyl (C=O) groups is 1. The van der Waals surface area contributed by atoms with Crippen molar-refractivity contribution in [3.05, 3.63) is 52.5 Å².